The second-order valence-electron chi connectivity index (χ2n) is 8.25. The molecule has 164 valence electrons. The average molecular weight is 450 g/mol. The van der Waals surface area contributed by atoms with Gasteiger partial charge in [0.2, 0.25) is 5.91 Å². The highest BCUT2D eigenvalue weighted by molar-refractivity contribution is 6.32. The number of carbonyl (C=O) groups excluding carboxylic acids is 2. The fourth-order valence-electron chi connectivity index (χ4n) is 3.66. The van der Waals surface area contributed by atoms with E-state index in [2.05, 4.69) is 10.3 Å². The molecule has 1 aliphatic heterocycles. The number of halogens is 3. The van der Waals surface area contributed by atoms with Crippen molar-refractivity contribution in [1.29, 1.82) is 0 Å². The number of anilines is 1. The van der Waals surface area contributed by atoms with Crippen LogP contribution in [0.3, 0.4) is 0 Å². The number of aromatic nitrogens is 1. The van der Waals surface area contributed by atoms with Crippen LogP contribution < -0.4 is 10.1 Å². The second-order valence-corrected chi connectivity index (χ2v) is 8.65. The summed E-state index contributed by atoms with van der Waals surface area (Å²) in [5.74, 6) is 0.340. The molecule has 0 bridgehead atoms. The molecule has 0 saturated heterocycles. The number of fused-ring (bicyclic) bond motifs is 1. The minimum atomic E-state index is -2.60. The Morgan fingerprint density at radius 3 is 2.74 bits per heavy atom. The molecule has 1 aromatic carbocycles. The van der Waals surface area contributed by atoms with Crippen LogP contribution in [0.15, 0.2) is 30.5 Å². The van der Waals surface area contributed by atoms with E-state index < -0.39 is 18.6 Å². The van der Waals surface area contributed by atoms with Gasteiger partial charge in [-0.1, -0.05) is 17.7 Å². The molecule has 2 amide bonds. The molecule has 2 aromatic rings. The van der Waals surface area contributed by atoms with E-state index in [9.17, 15) is 18.4 Å². The van der Waals surface area contributed by atoms with Gasteiger partial charge in [0.1, 0.15) is 18.2 Å². The van der Waals surface area contributed by atoms with Crippen molar-refractivity contribution in [3.63, 3.8) is 0 Å². The number of alkyl halides is 2. The Morgan fingerprint density at radius 2 is 2.10 bits per heavy atom. The number of amides is 2. The van der Waals surface area contributed by atoms with Crippen LogP contribution in [0.4, 0.5) is 14.6 Å². The van der Waals surface area contributed by atoms with Crippen molar-refractivity contribution in [3.05, 3.63) is 52.2 Å². The van der Waals surface area contributed by atoms with Gasteiger partial charge in [-0.3, -0.25) is 9.59 Å². The Bertz CT molecular complexity index is 1040. The molecule has 2 aliphatic rings. The van der Waals surface area contributed by atoms with E-state index in [0.717, 1.165) is 18.4 Å². The van der Waals surface area contributed by atoms with Gasteiger partial charge in [-0.05, 0) is 50.5 Å². The highest BCUT2D eigenvalue weighted by Crippen LogP contribution is 2.40. The number of hydrogen-bond donors (Lipinski definition) is 1. The molecule has 1 fully saturated rings. The monoisotopic (exact) mass is 449 g/mol. The Balaban J connectivity index is 1.58. The predicted molar refractivity (Wildman–Crippen MR) is 111 cm³/mol. The first-order chi connectivity index (χ1) is 14.7. The van der Waals surface area contributed by atoms with Gasteiger partial charge in [0.05, 0.1) is 17.1 Å². The summed E-state index contributed by atoms with van der Waals surface area (Å²) in [4.78, 5) is 31.3. The summed E-state index contributed by atoms with van der Waals surface area (Å²) in [5, 5.41) is 3.04. The van der Waals surface area contributed by atoms with Crippen LogP contribution in [-0.4, -0.2) is 34.7 Å². The number of benzene rings is 1. The van der Waals surface area contributed by atoms with Gasteiger partial charge < -0.3 is 15.0 Å². The molecule has 2 heterocycles. The molecule has 6 nitrogen and oxygen atoms in total. The van der Waals surface area contributed by atoms with Crippen LogP contribution in [0.25, 0.3) is 0 Å². The lowest BCUT2D eigenvalue weighted by molar-refractivity contribution is -0.117. The summed E-state index contributed by atoms with van der Waals surface area (Å²) in [7, 11) is 0. The van der Waals surface area contributed by atoms with E-state index in [1.54, 1.807) is 23.1 Å². The molecule has 1 aromatic heterocycles. The van der Waals surface area contributed by atoms with Crippen LogP contribution in [0.2, 0.25) is 5.02 Å². The number of carbonyl (C=O) groups is 2. The molecule has 0 unspecified atom stereocenters. The summed E-state index contributed by atoms with van der Waals surface area (Å²) < 4.78 is 29.9. The van der Waals surface area contributed by atoms with Crippen molar-refractivity contribution < 1.29 is 23.1 Å². The third-order valence-electron chi connectivity index (χ3n) is 5.72. The molecule has 0 radical (unpaired) electrons. The fourth-order valence-corrected chi connectivity index (χ4v) is 3.89. The maximum Gasteiger partial charge on any atom is 0.272 e. The SMILES string of the molecule is CC(C)(c1ccc(OCC(F)F)c(Cl)c1)N1Cc2c(ccnc2NC(=O)C2CC2)C1=O. The van der Waals surface area contributed by atoms with Gasteiger partial charge in [0.25, 0.3) is 12.3 Å². The topological polar surface area (TPSA) is 71.5 Å². The second kappa shape index (κ2) is 8.07. The van der Waals surface area contributed by atoms with Crippen LogP contribution in [0.5, 0.6) is 5.75 Å². The standard InChI is InChI=1S/C22H22ClF2N3O3/c1-22(2,13-5-6-17(16(23)9-13)31-11-18(24)25)28-10-15-14(21(28)30)7-8-26-19(15)27-20(29)12-3-4-12/h5-9,12,18H,3-4,10-11H2,1-2H3,(H,26,27,29). The third kappa shape index (κ3) is 4.21. The lowest BCUT2D eigenvalue weighted by atomic mass is 9.92. The van der Waals surface area contributed by atoms with E-state index >= 15 is 0 Å². The molecular weight excluding hydrogens is 428 g/mol. The first-order valence-corrected chi connectivity index (χ1v) is 10.4. The molecule has 1 N–H and O–H groups in total. The average Bonchev–Trinajstić information content (AvgIpc) is 3.51. The van der Waals surface area contributed by atoms with Gasteiger partial charge in [-0.25, -0.2) is 13.8 Å². The maximum atomic E-state index is 13.2. The molecular formula is C22H22ClF2N3O3. The van der Waals surface area contributed by atoms with Gasteiger partial charge >= 0.3 is 0 Å². The summed E-state index contributed by atoms with van der Waals surface area (Å²) in [6, 6.07) is 6.50. The summed E-state index contributed by atoms with van der Waals surface area (Å²) in [6.45, 7) is 3.28. The highest BCUT2D eigenvalue weighted by atomic mass is 35.5. The molecule has 4 rings (SSSR count). The number of rotatable bonds is 7. The van der Waals surface area contributed by atoms with Crippen molar-refractivity contribution in [2.45, 2.75) is 45.2 Å². The van der Waals surface area contributed by atoms with Crippen LogP contribution >= 0.6 is 11.6 Å². The highest BCUT2D eigenvalue weighted by Gasteiger charge is 2.41. The van der Waals surface area contributed by atoms with Crippen molar-refractivity contribution in [2.75, 3.05) is 11.9 Å². The first-order valence-electron chi connectivity index (χ1n) is 10.00. The van der Waals surface area contributed by atoms with Gasteiger partial charge in [0, 0.05) is 23.2 Å². The Morgan fingerprint density at radius 1 is 1.35 bits per heavy atom. The summed E-state index contributed by atoms with van der Waals surface area (Å²) in [6.07, 6.45) is 0.658. The minimum Gasteiger partial charge on any atom is -0.486 e. The lowest BCUT2D eigenvalue weighted by Crippen LogP contribution is -2.41. The molecule has 0 atom stereocenters. The van der Waals surface area contributed by atoms with Crippen LogP contribution in [0.1, 0.15) is 48.2 Å². The number of pyridine rings is 1. The van der Waals surface area contributed by atoms with E-state index in [-0.39, 0.29) is 35.0 Å². The first kappa shape index (κ1) is 21.5. The predicted octanol–water partition coefficient (Wildman–Crippen LogP) is 4.62. The lowest BCUT2D eigenvalue weighted by Gasteiger charge is -2.36. The zero-order valence-electron chi connectivity index (χ0n) is 17.1. The minimum absolute atomic E-state index is 0.0234. The largest absolute Gasteiger partial charge is 0.486 e. The van der Waals surface area contributed by atoms with Gasteiger partial charge in [0.15, 0.2) is 0 Å². The smallest absolute Gasteiger partial charge is 0.272 e. The summed E-state index contributed by atoms with van der Waals surface area (Å²) >= 11 is 6.24. The van der Waals surface area contributed by atoms with Crippen molar-refractivity contribution in [3.8, 4) is 5.75 Å². The Kier molecular flexibility index (Phi) is 5.60. The van der Waals surface area contributed by atoms with Gasteiger partial charge in [-0.2, -0.15) is 0 Å². The molecule has 1 saturated carbocycles. The van der Waals surface area contributed by atoms with Crippen molar-refractivity contribution >= 4 is 29.2 Å². The maximum absolute atomic E-state index is 13.2. The van der Waals surface area contributed by atoms with Crippen LogP contribution in [-0.2, 0) is 16.9 Å². The Labute approximate surface area is 183 Å². The third-order valence-corrected chi connectivity index (χ3v) is 6.01. The Hall–Kier alpha value is -2.74. The van der Waals surface area contributed by atoms with E-state index in [0.29, 0.717) is 16.9 Å². The number of hydrogen-bond acceptors (Lipinski definition) is 4. The number of ether oxygens (including phenoxy) is 1. The van der Waals surface area contributed by atoms with E-state index in [4.69, 9.17) is 16.3 Å². The van der Waals surface area contributed by atoms with Gasteiger partial charge in [-0.15, -0.1) is 0 Å². The molecule has 0 spiro atoms. The fraction of sp³-hybridized carbons (Fsp3) is 0.409. The quantitative estimate of drug-likeness (QED) is 0.669. The van der Waals surface area contributed by atoms with E-state index in [1.165, 1.54) is 12.3 Å². The molecule has 1 aliphatic carbocycles. The zero-order chi connectivity index (χ0) is 22.3. The number of nitrogens with one attached hydrogen (secondary N) is 1. The zero-order valence-corrected chi connectivity index (χ0v) is 17.9. The summed E-state index contributed by atoms with van der Waals surface area (Å²) in [5.41, 5.74) is 1.13. The van der Waals surface area contributed by atoms with Crippen molar-refractivity contribution in [1.82, 2.24) is 9.88 Å². The number of nitrogens with zero attached hydrogens (tertiary/aromatic N) is 2. The van der Waals surface area contributed by atoms with Crippen molar-refractivity contribution in [2.24, 2.45) is 5.92 Å². The van der Waals surface area contributed by atoms with E-state index in [1.807, 2.05) is 13.8 Å². The molecule has 31 heavy (non-hydrogen) atoms. The normalized spacial score (nSPS) is 15.9. The molecule has 9 heteroatoms. The van der Waals surface area contributed by atoms with Crippen LogP contribution in [0, 0.1) is 5.92 Å².